The molecule has 0 bridgehead atoms. The Labute approximate surface area is 79.4 Å². The number of hydrogen-bond acceptors (Lipinski definition) is 2. The molecule has 1 aromatic rings. The van der Waals surface area contributed by atoms with Gasteiger partial charge in [0, 0.05) is 0 Å². The highest BCUT2D eigenvalue weighted by Crippen LogP contribution is 2.12. The highest BCUT2D eigenvalue weighted by atomic mass is 19.4. The Morgan fingerprint density at radius 2 is 1.79 bits per heavy atom. The lowest BCUT2D eigenvalue weighted by Gasteiger charge is -2.01. The Kier molecular flexibility index (Phi) is 3.11. The van der Waals surface area contributed by atoms with Gasteiger partial charge in [-0.3, -0.25) is 5.43 Å². The lowest BCUT2D eigenvalue weighted by atomic mass is 10.2. The van der Waals surface area contributed by atoms with Crippen LogP contribution in [-0.2, 0) is 0 Å². The number of anilines is 1. The van der Waals surface area contributed by atoms with Gasteiger partial charge in [0.15, 0.2) is 0 Å². The number of alkyl halides is 3. The fourth-order valence-corrected chi connectivity index (χ4v) is 0.808. The van der Waals surface area contributed by atoms with E-state index in [-0.39, 0.29) is 6.21 Å². The van der Waals surface area contributed by atoms with Gasteiger partial charge in [-0.15, -0.1) is 0 Å². The third-order valence-electron chi connectivity index (χ3n) is 1.46. The summed E-state index contributed by atoms with van der Waals surface area (Å²) < 4.78 is 34.9. The molecule has 0 aliphatic heterocycles. The standard InChI is InChI=1S/C9H9F3N2/c1-7-2-4-8(5-3-7)14-13-6-9(10,11)12/h2-6,14H,1H3/b13-6+. The quantitative estimate of drug-likeness (QED) is 0.578. The molecular formula is C9H9F3N2. The topological polar surface area (TPSA) is 24.4 Å². The highest BCUT2D eigenvalue weighted by Gasteiger charge is 2.23. The van der Waals surface area contributed by atoms with Gasteiger partial charge in [-0.2, -0.15) is 18.3 Å². The fourth-order valence-electron chi connectivity index (χ4n) is 0.808. The zero-order chi connectivity index (χ0) is 10.6. The van der Waals surface area contributed by atoms with Crippen LogP contribution in [0, 0.1) is 6.92 Å². The molecule has 0 spiro atoms. The minimum Gasteiger partial charge on any atom is -0.279 e. The van der Waals surface area contributed by atoms with E-state index in [1.54, 1.807) is 24.3 Å². The van der Waals surface area contributed by atoms with Crippen LogP contribution >= 0.6 is 0 Å². The van der Waals surface area contributed by atoms with Crippen LogP contribution in [0.5, 0.6) is 0 Å². The summed E-state index contributed by atoms with van der Waals surface area (Å²) in [7, 11) is 0. The monoisotopic (exact) mass is 202 g/mol. The van der Waals surface area contributed by atoms with E-state index in [1.165, 1.54) is 0 Å². The molecule has 0 aliphatic carbocycles. The van der Waals surface area contributed by atoms with Crippen LogP contribution in [0.3, 0.4) is 0 Å². The van der Waals surface area contributed by atoms with Crippen molar-refractivity contribution in [2.75, 3.05) is 5.43 Å². The van der Waals surface area contributed by atoms with E-state index in [2.05, 4.69) is 10.5 Å². The van der Waals surface area contributed by atoms with Gasteiger partial charge < -0.3 is 0 Å². The van der Waals surface area contributed by atoms with Crippen molar-refractivity contribution in [3.8, 4) is 0 Å². The van der Waals surface area contributed by atoms with Crippen molar-refractivity contribution < 1.29 is 13.2 Å². The Bertz CT molecular complexity index is 314. The molecule has 0 saturated heterocycles. The summed E-state index contributed by atoms with van der Waals surface area (Å²) in [6, 6.07) is 6.88. The molecule has 14 heavy (non-hydrogen) atoms. The van der Waals surface area contributed by atoms with Crippen LogP contribution < -0.4 is 5.43 Å². The van der Waals surface area contributed by atoms with Crippen LogP contribution in [0.25, 0.3) is 0 Å². The number of nitrogens with one attached hydrogen (secondary N) is 1. The van der Waals surface area contributed by atoms with Crippen molar-refractivity contribution in [2.24, 2.45) is 5.10 Å². The van der Waals surface area contributed by atoms with E-state index in [0.717, 1.165) is 5.56 Å². The summed E-state index contributed by atoms with van der Waals surface area (Å²) >= 11 is 0. The summed E-state index contributed by atoms with van der Waals surface area (Å²) in [5.74, 6) is 0. The van der Waals surface area contributed by atoms with Crippen molar-refractivity contribution in [1.29, 1.82) is 0 Å². The van der Waals surface area contributed by atoms with Gasteiger partial charge in [0.05, 0.1) is 5.69 Å². The lowest BCUT2D eigenvalue weighted by Crippen LogP contribution is -2.09. The molecule has 5 heteroatoms. The van der Waals surface area contributed by atoms with Gasteiger partial charge in [0.1, 0.15) is 6.21 Å². The minimum atomic E-state index is -4.38. The SMILES string of the molecule is Cc1ccc(N/N=C/C(F)(F)F)cc1. The van der Waals surface area contributed by atoms with Crippen LogP contribution in [0.2, 0.25) is 0 Å². The largest absolute Gasteiger partial charge is 0.428 e. The number of hydrogen-bond donors (Lipinski definition) is 1. The smallest absolute Gasteiger partial charge is 0.279 e. The number of halogens is 3. The first-order valence-corrected chi connectivity index (χ1v) is 3.91. The van der Waals surface area contributed by atoms with E-state index in [9.17, 15) is 13.2 Å². The summed E-state index contributed by atoms with van der Waals surface area (Å²) in [5, 5.41) is 3.04. The average Bonchev–Trinajstić information content (AvgIpc) is 2.06. The number of rotatable bonds is 2. The van der Waals surface area contributed by atoms with Crippen molar-refractivity contribution in [3.63, 3.8) is 0 Å². The number of nitrogens with zero attached hydrogens (tertiary/aromatic N) is 1. The maximum Gasteiger partial charge on any atom is 0.428 e. The molecule has 0 aliphatic rings. The average molecular weight is 202 g/mol. The van der Waals surface area contributed by atoms with E-state index >= 15 is 0 Å². The van der Waals surface area contributed by atoms with Gasteiger partial charge >= 0.3 is 6.18 Å². The number of hydrazone groups is 1. The molecule has 0 aromatic heterocycles. The molecule has 0 fully saturated rings. The second-order valence-electron chi connectivity index (χ2n) is 2.78. The Morgan fingerprint density at radius 3 is 2.29 bits per heavy atom. The van der Waals surface area contributed by atoms with Crippen LogP contribution in [-0.4, -0.2) is 12.4 Å². The second kappa shape index (κ2) is 4.13. The molecule has 0 unspecified atom stereocenters. The van der Waals surface area contributed by atoms with Crippen molar-refractivity contribution in [2.45, 2.75) is 13.1 Å². The van der Waals surface area contributed by atoms with Crippen molar-refractivity contribution in [3.05, 3.63) is 29.8 Å². The van der Waals surface area contributed by atoms with E-state index in [0.29, 0.717) is 5.69 Å². The molecule has 2 nitrogen and oxygen atoms in total. The lowest BCUT2D eigenvalue weighted by molar-refractivity contribution is -0.0536. The first-order valence-electron chi connectivity index (χ1n) is 3.91. The Hall–Kier alpha value is -1.52. The van der Waals surface area contributed by atoms with E-state index in [1.807, 2.05) is 6.92 Å². The maximum atomic E-state index is 11.6. The third-order valence-corrected chi connectivity index (χ3v) is 1.46. The normalized spacial score (nSPS) is 12.0. The maximum absolute atomic E-state index is 11.6. The minimum absolute atomic E-state index is 0.0904. The third kappa shape index (κ3) is 3.93. The molecule has 1 rings (SSSR count). The molecule has 0 heterocycles. The number of benzene rings is 1. The Morgan fingerprint density at radius 1 is 1.21 bits per heavy atom. The summed E-state index contributed by atoms with van der Waals surface area (Å²) in [6.07, 6.45) is -4.47. The van der Waals surface area contributed by atoms with Gasteiger partial charge in [0.2, 0.25) is 0 Å². The predicted octanol–water partition coefficient (Wildman–Crippen LogP) is 2.96. The summed E-state index contributed by atoms with van der Waals surface area (Å²) in [4.78, 5) is 0. The molecule has 1 N–H and O–H groups in total. The predicted molar refractivity (Wildman–Crippen MR) is 49.3 cm³/mol. The molecule has 0 radical (unpaired) electrons. The summed E-state index contributed by atoms with van der Waals surface area (Å²) in [5.41, 5.74) is 3.84. The zero-order valence-electron chi connectivity index (χ0n) is 7.47. The summed E-state index contributed by atoms with van der Waals surface area (Å²) in [6.45, 7) is 1.89. The van der Waals surface area contributed by atoms with Crippen LogP contribution in [0.15, 0.2) is 29.4 Å². The molecule has 0 saturated carbocycles. The van der Waals surface area contributed by atoms with E-state index < -0.39 is 6.18 Å². The highest BCUT2D eigenvalue weighted by molar-refractivity contribution is 5.65. The fraction of sp³-hybridized carbons (Fsp3) is 0.222. The molecule has 76 valence electrons. The van der Waals surface area contributed by atoms with Crippen molar-refractivity contribution >= 4 is 11.9 Å². The van der Waals surface area contributed by atoms with Crippen LogP contribution in [0.1, 0.15) is 5.56 Å². The van der Waals surface area contributed by atoms with Crippen molar-refractivity contribution in [1.82, 2.24) is 0 Å². The molecular weight excluding hydrogens is 193 g/mol. The zero-order valence-corrected chi connectivity index (χ0v) is 7.47. The second-order valence-corrected chi connectivity index (χ2v) is 2.78. The van der Waals surface area contributed by atoms with E-state index in [4.69, 9.17) is 0 Å². The number of aryl methyl sites for hydroxylation is 1. The van der Waals surface area contributed by atoms with Gasteiger partial charge in [0.25, 0.3) is 0 Å². The van der Waals surface area contributed by atoms with Gasteiger partial charge in [-0.1, -0.05) is 17.7 Å². The first kappa shape index (κ1) is 10.6. The van der Waals surface area contributed by atoms with Crippen LogP contribution in [0.4, 0.5) is 18.9 Å². The molecule has 1 aromatic carbocycles. The first-order chi connectivity index (χ1) is 6.47. The van der Waals surface area contributed by atoms with Gasteiger partial charge in [-0.25, -0.2) is 0 Å². The molecule has 0 atom stereocenters. The molecule has 0 amide bonds. The Balaban J connectivity index is 2.54. The van der Waals surface area contributed by atoms with Gasteiger partial charge in [-0.05, 0) is 19.1 Å².